The summed E-state index contributed by atoms with van der Waals surface area (Å²) in [7, 11) is 0. The third-order valence-corrected chi connectivity index (χ3v) is 3.14. The summed E-state index contributed by atoms with van der Waals surface area (Å²) in [5, 5.41) is 8.31. The number of carboxylic acid groups (broad SMARTS) is 1. The van der Waals surface area contributed by atoms with Crippen molar-refractivity contribution in [1.29, 1.82) is 0 Å². The Labute approximate surface area is 131 Å². The highest BCUT2D eigenvalue weighted by Crippen LogP contribution is 2.56. The zero-order valence-corrected chi connectivity index (χ0v) is 11.6. The molecule has 0 aromatic carbocycles. The molecule has 0 rings (SSSR count). The number of hydrogen-bond donors (Lipinski definition) is 1. The molecule has 2 unspecified atom stereocenters. The van der Waals surface area contributed by atoms with Crippen LogP contribution in [0.3, 0.4) is 0 Å². The van der Waals surface area contributed by atoms with Gasteiger partial charge in [0.15, 0.2) is 6.17 Å². The predicted molar refractivity (Wildman–Crippen MR) is 56.7 cm³/mol. The molecule has 0 aromatic rings. The molecule has 0 aliphatic heterocycles. The van der Waals surface area contributed by atoms with Crippen LogP contribution in [-0.4, -0.2) is 47.1 Å². The van der Waals surface area contributed by atoms with E-state index >= 15 is 0 Å². The van der Waals surface area contributed by atoms with Crippen molar-refractivity contribution in [1.82, 2.24) is 0 Å². The summed E-state index contributed by atoms with van der Waals surface area (Å²) in [6.45, 7) is 2.56. The highest BCUT2D eigenvalue weighted by Gasteiger charge is 2.83. The predicted octanol–water partition coefficient (Wildman–Crippen LogP) is 4.85. The summed E-state index contributed by atoms with van der Waals surface area (Å²) in [6, 6.07) is 0. The molecule has 25 heavy (non-hydrogen) atoms. The lowest BCUT2D eigenvalue weighted by Gasteiger charge is -2.40. The second-order valence-electron chi connectivity index (χ2n) is 4.84. The van der Waals surface area contributed by atoms with Crippen LogP contribution in [0.2, 0.25) is 0 Å². The maximum atomic E-state index is 13.9. The largest absolute Gasteiger partial charge is 0.478 e. The van der Waals surface area contributed by atoms with Gasteiger partial charge in [0.25, 0.3) is 0 Å². The van der Waals surface area contributed by atoms with Crippen molar-refractivity contribution in [2.45, 2.75) is 48.9 Å². The number of carbonyl (C=O) groups is 1. The van der Waals surface area contributed by atoms with Gasteiger partial charge in [0.2, 0.25) is 5.67 Å². The topological polar surface area (TPSA) is 37.3 Å². The minimum atomic E-state index is -7.28. The Balaban J connectivity index is 6.20. The molecule has 0 aromatic heterocycles. The Hall–Kier alpha value is -1.63. The zero-order chi connectivity index (χ0) is 20.6. The SMILES string of the molecule is C=C(CCC(F)(C(F)C(F)(C(F)(F)F)C(F)(F)F)C(F)(F)F)C(=O)O. The number of alkyl halides is 12. The second-order valence-corrected chi connectivity index (χ2v) is 4.84. The van der Waals surface area contributed by atoms with Gasteiger partial charge in [-0.1, -0.05) is 6.58 Å². The first-order valence-corrected chi connectivity index (χ1v) is 5.86. The van der Waals surface area contributed by atoms with Crippen molar-refractivity contribution in [3.63, 3.8) is 0 Å². The van der Waals surface area contributed by atoms with Gasteiger partial charge in [-0.05, 0) is 12.8 Å². The van der Waals surface area contributed by atoms with E-state index in [-0.39, 0.29) is 0 Å². The number of rotatable bonds is 6. The van der Waals surface area contributed by atoms with Gasteiger partial charge < -0.3 is 5.11 Å². The first kappa shape index (κ1) is 23.4. The van der Waals surface area contributed by atoms with Gasteiger partial charge in [0, 0.05) is 5.57 Å². The smallest absolute Gasteiger partial charge is 0.434 e. The van der Waals surface area contributed by atoms with Gasteiger partial charge in [-0.15, -0.1) is 0 Å². The standard InChI is InChI=1S/C11H8F12O2/c1-4(5(24)25)2-3-7(13,9(15,16)17)6(12)8(14,10(18,19)20)11(21,22)23/h6H,1-3H2,(H,24,25). The quantitative estimate of drug-likeness (QED) is 0.512. The van der Waals surface area contributed by atoms with Crippen LogP contribution in [0.4, 0.5) is 52.7 Å². The summed E-state index contributed by atoms with van der Waals surface area (Å²) in [5.74, 6) is -2.07. The van der Waals surface area contributed by atoms with Gasteiger partial charge in [-0.3, -0.25) is 0 Å². The fourth-order valence-electron chi connectivity index (χ4n) is 1.62. The van der Waals surface area contributed by atoms with Crippen molar-refractivity contribution in [3.8, 4) is 0 Å². The summed E-state index contributed by atoms with van der Waals surface area (Å²) >= 11 is 0. The molecule has 2 nitrogen and oxygen atoms in total. The number of hydrogen-bond acceptors (Lipinski definition) is 1. The van der Waals surface area contributed by atoms with Crippen LogP contribution in [0.5, 0.6) is 0 Å². The molecule has 2 atom stereocenters. The van der Waals surface area contributed by atoms with E-state index in [0.29, 0.717) is 0 Å². The van der Waals surface area contributed by atoms with E-state index in [1.807, 2.05) is 0 Å². The number of aliphatic carboxylic acids is 1. The summed E-state index contributed by atoms with van der Waals surface area (Å²) < 4.78 is 153. The molecule has 0 bridgehead atoms. The molecule has 0 aliphatic carbocycles. The average Bonchev–Trinajstić information content (AvgIpc) is 2.38. The molecule has 148 valence electrons. The molecule has 0 spiro atoms. The minimum absolute atomic E-state index is 1.28. The highest BCUT2D eigenvalue weighted by atomic mass is 19.4. The summed E-state index contributed by atoms with van der Waals surface area (Å²) in [5.41, 5.74) is -14.5. The Morgan fingerprint density at radius 1 is 0.840 bits per heavy atom. The maximum Gasteiger partial charge on any atom is 0.434 e. The Bertz CT molecular complexity index is 503. The molecule has 0 radical (unpaired) electrons. The van der Waals surface area contributed by atoms with E-state index in [9.17, 15) is 57.5 Å². The average molecular weight is 400 g/mol. The van der Waals surface area contributed by atoms with E-state index in [2.05, 4.69) is 6.58 Å². The van der Waals surface area contributed by atoms with Crippen molar-refractivity contribution in [3.05, 3.63) is 12.2 Å². The van der Waals surface area contributed by atoms with Gasteiger partial charge in [0.05, 0.1) is 0 Å². The molecule has 0 aliphatic rings. The van der Waals surface area contributed by atoms with Gasteiger partial charge in [-0.25, -0.2) is 18.0 Å². The second kappa shape index (κ2) is 6.59. The molecule has 0 heterocycles. The van der Waals surface area contributed by atoms with Crippen LogP contribution in [0.1, 0.15) is 12.8 Å². The summed E-state index contributed by atoms with van der Waals surface area (Å²) in [4.78, 5) is 10.3. The highest BCUT2D eigenvalue weighted by molar-refractivity contribution is 5.85. The number of carboxylic acids is 1. The van der Waals surface area contributed by atoms with Crippen LogP contribution < -0.4 is 0 Å². The van der Waals surface area contributed by atoms with Crippen LogP contribution in [0, 0.1) is 0 Å². The summed E-state index contributed by atoms with van der Waals surface area (Å²) in [6.07, 6.45) is -31.4. The van der Waals surface area contributed by atoms with E-state index in [1.54, 1.807) is 0 Å². The van der Waals surface area contributed by atoms with Crippen LogP contribution in [0.25, 0.3) is 0 Å². The Kier molecular flexibility index (Phi) is 6.16. The molecule has 1 N–H and O–H groups in total. The van der Waals surface area contributed by atoms with Gasteiger partial charge >= 0.3 is 30.2 Å². The third kappa shape index (κ3) is 4.14. The third-order valence-electron chi connectivity index (χ3n) is 3.14. The van der Waals surface area contributed by atoms with E-state index in [1.165, 1.54) is 0 Å². The van der Waals surface area contributed by atoms with Crippen LogP contribution in [0.15, 0.2) is 12.2 Å². The molecular formula is C11H8F12O2. The fourth-order valence-corrected chi connectivity index (χ4v) is 1.62. The normalized spacial score (nSPS) is 17.8. The lowest BCUT2D eigenvalue weighted by atomic mass is 9.81. The van der Waals surface area contributed by atoms with Crippen molar-refractivity contribution in [2.24, 2.45) is 0 Å². The number of halogens is 12. The van der Waals surface area contributed by atoms with Crippen LogP contribution >= 0.6 is 0 Å². The van der Waals surface area contributed by atoms with Crippen molar-refractivity contribution in [2.75, 3.05) is 0 Å². The molecule has 0 saturated carbocycles. The lowest BCUT2D eigenvalue weighted by molar-refractivity contribution is -0.382. The van der Waals surface area contributed by atoms with Gasteiger partial charge in [-0.2, -0.15) is 39.5 Å². The Morgan fingerprint density at radius 2 is 1.20 bits per heavy atom. The molecular weight excluding hydrogens is 392 g/mol. The Morgan fingerprint density at radius 3 is 1.44 bits per heavy atom. The van der Waals surface area contributed by atoms with E-state index in [0.717, 1.165) is 0 Å². The molecule has 0 saturated heterocycles. The van der Waals surface area contributed by atoms with Crippen molar-refractivity contribution < 1.29 is 62.6 Å². The first-order chi connectivity index (χ1) is 10.7. The molecule has 0 amide bonds. The van der Waals surface area contributed by atoms with E-state index in [4.69, 9.17) is 5.11 Å². The van der Waals surface area contributed by atoms with E-state index < -0.39 is 60.4 Å². The monoisotopic (exact) mass is 400 g/mol. The first-order valence-electron chi connectivity index (χ1n) is 5.86. The van der Waals surface area contributed by atoms with Crippen LogP contribution in [-0.2, 0) is 4.79 Å². The van der Waals surface area contributed by atoms with Crippen molar-refractivity contribution >= 4 is 5.97 Å². The lowest BCUT2D eigenvalue weighted by Crippen LogP contribution is -2.68. The molecule has 0 fully saturated rings. The van der Waals surface area contributed by atoms with Gasteiger partial charge in [0.1, 0.15) is 0 Å². The maximum absolute atomic E-state index is 13.9. The zero-order valence-electron chi connectivity index (χ0n) is 11.6. The minimum Gasteiger partial charge on any atom is -0.478 e. The molecule has 14 heteroatoms. The fraction of sp³-hybridized carbons (Fsp3) is 0.727.